The van der Waals surface area contributed by atoms with Gasteiger partial charge in [-0.25, -0.2) is 4.79 Å². The number of aromatic amines is 1. The van der Waals surface area contributed by atoms with Crippen molar-refractivity contribution in [3.8, 4) is 0 Å². The van der Waals surface area contributed by atoms with Gasteiger partial charge in [-0.3, -0.25) is 19.2 Å². The van der Waals surface area contributed by atoms with Gasteiger partial charge in [0.25, 0.3) is 5.56 Å². The number of aromatic nitrogens is 4. The van der Waals surface area contributed by atoms with Gasteiger partial charge in [-0.2, -0.15) is 4.98 Å². The molecule has 0 unspecified atom stereocenters. The van der Waals surface area contributed by atoms with Crippen molar-refractivity contribution in [3.05, 3.63) is 56.7 Å². The smallest absolute Gasteiger partial charge is 0.329 e. The van der Waals surface area contributed by atoms with E-state index in [1.165, 1.54) is 16.6 Å². The minimum atomic E-state index is -0.424. The predicted octanol–water partition coefficient (Wildman–Crippen LogP) is 2.33. The van der Waals surface area contributed by atoms with Crippen LogP contribution in [0.15, 0.2) is 39.9 Å². The molecule has 0 saturated carbocycles. The number of piperazine rings is 1. The standard InChI is InChI=1S/C23H32N6O2/c1-3-4-5-9-12-29-19-20(26(2)23(31)25-21(19)30)24-22(29)28-15-13-27(14-16-28)17-18-10-7-6-8-11-18/h6-8,10-11H,3-5,9,12-17H2,1-2H3,(H,25,30,31). The van der Waals surface area contributed by atoms with E-state index in [0.29, 0.717) is 11.2 Å². The van der Waals surface area contributed by atoms with E-state index in [-0.39, 0.29) is 5.56 Å². The summed E-state index contributed by atoms with van der Waals surface area (Å²) in [5.41, 5.74) is 1.51. The van der Waals surface area contributed by atoms with Crippen LogP contribution in [0.1, 0.15) is 38.2 Å². The highest BCUT2D eigenvalue weighted by Crippen LogP contribution is 2.22. The van der Waals surface area contributed by atoms with Crippen molar-refractivity contribution in [2.75, 3.05) is 31.1 Å². The Labute approximate surface area is 182 Å². The Kier molecular flexibility index (Phi) is 6.56. The topological polar surface area (TPSA) is 79.2 Å². The lowest BCUT2D eigenvalue weighted by atomic mass is 10.2. The molecule has 1 N–H and O–H groups in total. The molecule has 0 bridgehead atoms. The number of H-pyrrole nitrogens is 1. The van der Waals surface area contributed by atoms with E-state index in [0.717, 1.165) is 64.5 Å². The minimum Gasteiger partial charge on any atom is -0.340 e. The van der Waals surface area contributed by atoms with E-state index in [2.05, 4.69) is 46.0 Å². The third kappa shape index (κ3) is 4.58. The number of benzene rings is 1. The van der Waals surface area contributed by atoms with Crippen LogP contribution in [-0.4, -0.2) is 50.2 Å². The zero-order valence-electron chi connectivity index (χ0n) is 18.5. The van der Waals surface area contributed by atoms with E-state index in [9.17, 15) is 9.59 Å². The summed E-state index contributed by atoms with van der Waals surface area (Å²) in [6.45, 7) is 7.42. The normalized spacial score (nSPS) is 15.1. The molecule has 1 saturated heterocycles. The fraction of sp³-hybridized carbons (Fsp3) is 0.522. The molecule has 0 aliphatic carbocycles. The minimum absolute atomic E-state index is 0.352. The van der Waals surface area contributed by atoms with Gasteiger partial charge in [0.05, 0.1) is 0 Å². The maximum absolute atomic E-state index is 12.7. The first-order valence-electron chi connectivity index (χ1n) is 11.3. The molecular formula is C23H32N6O2. The Morgan fingerprint density at radius 2 is 1.74 bits per heavy atom. The summed E-state index contributed by atoms with van der Waals surface area (Å²) in [4.78, 5) is 36.7. The zero-order chi connectivity index (χ0) is 21.8. The molecule has 0 radical (unpaired) electrons. The molecule has 4 rings (SSSR count). The maximum Gasteiger partial charge on any atom is 0.329 e. The number of hydrogen-bond donors (Lipinski definition) is 1. The molecule has 0 amide bonds. The van der Waals surface area contributed by atoms with E-state index in [4.69, 9.17) is 4.98 Å². The molecule has 1 aliphatic rings. The molecule has 1 fully saturated rings. The van der Waals surface area contributed by atoms with Crippen LogP contribution >= 0.6 is 0 Å². The second kappa shape index (κ2) is 9.51. The second-order valence-corrected chi connectivity index (χ2v) is 8.36. The lowest BCUT2D eigenvalue weighted by molar-refractivity contribution is 0.248. The van der Waals surface area contributed by atoms with Crippen molar-refractivity contribution in [1.82, 2.24) is 24.0 Å². The largest absolute Gasteiger partial charge is 0.340 e. The van der Waals surface area contributed by atoms with Gasteiger partial charge in [-0.05, 0) is 12.0 Å². The molecular weight excluding hydrogens is 392 g/mol. The Balaban J connectivity index is 1.57. The number of rotatable bonds is 8. The lowest BCUT2D eigenvalue weighted by Crippen LogP contribution is -2.46. The Morgan fingerprint density at radius 1 is 1.00 bits per heavy atom. The zero-order valence-corrected chi connectivity index (χ0v) is 18.5. The van der Waals surface area contributed by atoms with Gasteiger partial charge in [0.2, 0.25) is 5.95 Å². The fourth-order valence-electron chi connectivity index (χ4n) is 4.32. The van der Waals surface area contributed by atoms with Gasteiger partial charge >= 0.3 is 5.69 Å². The van der Waals surface area contributed by atoms with Gasteiger partial charge in [0.15, 0.2) is 11.2 Å². The van der Waals surface area contributed by atoms with E-state index in [1.807, 2.05) is 10.6 Å². The number of fused-ring (bicyclic) bond motifs is 1. The molecule has 1 aliphatic heterocycles. The number of hydrogen-bond acceptors (Lipinski definition) is 5. The van der Waals surface area contributed by atoms with Crippen molar-refractivity contribution in [3.63, 3.8) is 0 Å². The first-order valence-corrected chi connectivity index (χ1v) is 11.3. The summed E-state index contributed by atoms with van der Waals surface area (Å²) >= 11 is 0. The van der Waals surface area contributed by atoms with Crippen LogP contribution in [0.3, 0.4) is 0 Å². The van der Waals surface area contributed by atoms with E-state index < -0.39 is 5.69 Å². The fourth-order valence-corrected chi connectivity index (χ4v) is 4.32. The van der Waals surface area contributed by atoms with Crippen LogP contribution in [0.4, 0.5) is 5.95 Å². The Bertz CT molecular complexity index is 1120. The molecule has 8 heteroatoms. The first-order chi connectivity index (χ1) is 15.1. The van der Waals surface area contributed by atoms with Gasteiger partial charge in [-0.1, -0.05) is 56.5 Å². The summed E-state index contributed by atoms with van der Waals surface area (Å²) in [6, 6.07) is 10.5. The summed E-state index contributed by atoms with van der Waals surface area (Å²) in [6.07, 6.45) is 4.44. The molecule has 8 nitrogen and oxygen atoms in total. The third-order valence-corrected chi connectivity index (χ3v) is 6.13. The highest BCUT2D eigenvalue weighted by molar-refractivity contribution is 5.74. The van der Waals surface area contributed by atoms with Crippen molar-refractivity contribution in [2.45, 2.75) is 45.7 Å². The van der Waals surface area contributed by atoms with E-state index in [1.54, 1.807) is 7.05 Å². The number of nitrogens with zero attached hydrogens (tertiary/aromatic N) is 5. The molecule has 3 aromatic rings. The van der Waals surface area contributed by atoms with Crippen molar-refractivity contribution < 1.29 is 0 Å². The van der Waals surface area contributed by atoms with Crippen LogP contribution in [-0.2, 0) is 20.1 Å². The average molecular weight is 425 g/mol. The van der Waals surface area contributed by atoms with Crippen molar-refractivity contribution in [2.24, 2.45) is 7.05 Å². The number of aryl methyl sites for hydroxylation is 2. The van der Waals surface area contributed by atoms with Crippen LogP contribution in [0.25, 0.3) is 11.2 Å². The van der Waals surface area contributed by atoms with Crippen molar-refractivity contribution >= 4 is 17.1 Å². The number of unbranched alkanes of at least 4 members (excludes halogenated alkanes) is 3. The monoisotopic (exact) mass is 424 g/mol. The molecule has 1 aromatic carbocycles. The molecule has 0 spiro atoms. The van der Waals surface area contributed by atoms with Crippen LogP contribution in [0, 0.1) is 0 Å². The van der Waals surface area contributed by atoms with E-state index >= 15 is 0 Å². The average Bonchev–Trinajstić information content (AvgIpc) is 3.16. The highest BCUT2D eigenvalue weighted by Gasteiger charge is 2.24. The van der Waals surface area contributed by atoms with Gasteiger partial charge in [0.1, 0.15) is 0 Å². The van der Waals surface area contributed by atoms with Crippen LogP contribution < -0.4 is 16.1 Å². The third-order valence-electron chi connectivity index (χ3n) is 6.13. The van der Waals surface area contributed by atoms with Gasteiger partial charge < -0.3 is 9.47 Å². The van der Waals surface area contributed by atoms with Crippen LogP contribution in [0.5, 0.6) is 0 Å². The van der Waals surface area contributed by atoms with Gasteiger partial charge in [-0.15, -0.1) is 0 Å². The quantitative estimate of drug-likeness (QED) is 0.562. The molecule has 2 aromatic heterocycles. The summed E-state index contributed by atoms with van der Waals surface area (Å²) in [5, 5.41) is 0. The Morgan fingerprint density at radius 3 is 2.45 bits per heavy atom. The van der Waals surface area contributed by atoms with Crippen molar-refractivity contribution in [1.29, 1.82) is 0 Å². The summed E-state index contributed by atoms with van der Waals surface area (Å²) < 4.78 is 3.46. The summed E-state index contributed by atoms with van der Waals surface area (Å²) in [7, 11) is 1.66. The first kappa shape index (κ1) is 21.4. The molecule has 166 valence electrons. The predicted molar refractivity (Wildman–Crippen MR) is 124 cm³/mol. The lowest BCUT2D eigenvalue weighted by Gasteiger charge is -2.35. The van der Waals surface area contributed by atoms with Gasteiger partial charge in [0, 0.05) is 46.3 Å². The second-order valence-electron chi connectivity index (χ2n) is 8.36. The summed E-state index contributed by atoms with van der Waals surface area (Å²) in [5.74, 6) is 0.803. The number of anilines is 1. The highest BCUT2D eigenvalue weighted by atomic mass is 16.2. The molecule has 0 atom stereocenters. The SMILES string of the molecule is CCCCCCn1c(N2CCN(Cc3ccccc3)CC2)nc2c1c(=O)[nH]c(=O)n2C. The Hall–Kier alpha value is -2.87. The number of nitrogens with one attached hydrogen (secondary N) is 1. The molecule has 31 heavy (non-hydrogen) atoms. The number of imidazole rings is 1. The molecule has 3 heterocycles. The maximum atomic E-state index is 12.7. The van der Waals surface area contributed by atoms with Crippen LogP contribution in [0.2, 0.25) is 0 Å².